The van der Waals surface area contributed by atoms with E-state index in [-0.39, 0.29) is 34.7 Å². The van der Waals surface area contributed by atoms with Gasteiger partial charge in [-0.2, -0.15) is 0 Å². The molecule has 2 aromatic rings. The van der Waals surface area contributed by atoms with Crippen molar-refractivity contribution in [3.63, 3.8) is 0 Å². The Morgan fingerprint density at radius 2 is 1.88 bits per heavy atom. The van der Waals surface area contributed by atoms with Gasteiger partial charge < -0.3 is 10.1 Å². The molecule has 0 aliphatic carbocycles. The van der Waals surface area contributed by atoms with Gasteiger partial charge in [-0.15, -0.1) is 0 Å². The van der Waals surface area contributed by atoms with Crippen molar-refractivity contribution in [2.45, 2.75) is 11.3 Å². The number of rotatable bonds is 5. The number of halogens is 2. The van der Waals surface area contributed by atoms with Crippen molar-refractivity contribution in [3.05, 3.63) is 52.0 Å². The molecule has 2 aromatic carbocycles. The molecule has 0 saturated heterocycles. The van der Waals surface area contributed by atoms with Gasteiger partial charge in [0.15, 0.2) is 6.61 Å². The van der Waals surface area contributed by atoms with Gasteiger partial charge in [0.25, 0.3) is 5.91 Å². The molecular weight excluding hydrogens is 387 g/mol. The first-order valence-corrected chi connectivity index (χ1v) is 9.59. The number of ether oxygens (including phenoxy) is 1. The minimum atomic E-state index is -3.82. The average Bonchev–Trinajstić information content (AvgIpc) is 2.55. The lowest BCUT2D eigenvalue weighted by molar-refractivity contribution is -0.118. The quantitative estimate of drug-likeness (QED) is 0.807. The Morgan fingerprint density at radius 1 is 1.16 bits per heavy atom. The van der Waals surface area contributed by atoms with Gasteiger partial charge in [0, 0.05) is 17.6 Å². The maximum atomic E-state index is 12.5. The Labute approximate surface area is 155 Å². The fourth-order valence-corrected chi connectivity index (χ4v) is 4.04. The third-order valence-electron chi connectivity index (χ3n) is 3.58. The molecule has 3 rings (SSSR count). The number of fused-ring (bicyclic) bond motifs is 1. The summed E-state index contributed by atoms with van der Waals surface area (Å²) in [6, 6.07) is 9.83. The lowest BCUT2D eigenvalue weighted by Gasteiger charge is -2.19. The summed E-state index contributed by atoms with van der Waals surface area (Å²) >= 11 is 11.9. The molecule has 1 amide bonds. The molecule has 0 bridgehead atoms. The van der Waals surface area contributed by atoms with Gasteiger partial charge in [-0.3, -0.25) is 4.79 Å². The van der Waals surface area contributed by atoms with Gasteiger partial charge in [-0.25, -0.2) is 13.1 Å². The first kappa shape index (κ1) is 18.0. The average molecular weight is 401 g/mol. The zero-order valence-corrected chi connectivity index (χ0v) is 15.2. The molecule has 0 aromatic heterocycles. The SMILES string of the molecule is O=C1COc2cc(S(=O)(=O)NCCc3ccc(Cl)cc3)c(Cl)cc2N1. The second-order valence-corrected chi connectivity index (χ2v) is 7.97. The Kier molecular flexibility index (Phi) is 5.19. The first-order valence-electron chi connectivity index (χ1n) is 7.35. The Hall–Kier alpha value is -1.80. The minimum Gasteiger partial charge on any atom is -0.482 e. The normalized spacial score (nSPS) is 13.8. The monoisotopic (exact) mass is 400 g/mol. The summed E-state index contributed by atoms with van der Waals surface area (Å²) in [6.07, 6.45) is 0.505. The third-order valence-corrected chi connectivity index (χ3v) is 5.75. The zero-order valence-electron chi connectivity index (χ0n) is 12.9. The fraction of sp³-hybridized carbons (Fsp3) is 0.188. The van der Waals surface area contributed by atoms with Crippen molar-refractivity contribution < 1.29 is 17.9 Å². The first-order chi connectivity index (χ1) is 11.8. The van der Waals surface area contributed by atoms with Crippen LogP contribution in [-0.4, -0.2) is 27.5 Å². The fourth-order valence-electron chi connectivity index (χ4n) is 2.35. The van der Waals surface area contributed by atoms with Crippen LogP contribution in [0.2, 0.25) is 10.0 Å². The van der Waals surface area contributed by atoms with Crippen LogP contribution in [0.25, 0.3) is 0 Å². The van der Waals surface area contributed by atoms with Gasteiger partial charge in [0.1, 0.15) is 10.6 Å². The van der Waals surface area contributed by atoms with E-state index in [1.807, 2.05) is 12.1 Å². The van der Waals surface area contributed by atoms with Crippen molar-refractivity contribution in [2.75, 3.05) is 18.5 Å². The van der Waals surface area contributed by atoms with Crippen LogP contribution in [0.3, 0.4) is 0 Å². The number of hydrogen-bond acceptors (Lipinski definition) is 4. The van der Waals surface area contributed by atoms with Crippen molar-refractivity contribution in [2.24, 2.45) is 0 Å². The molecule has 1 heterocycles. The Morgan fingerprint density at radius 3 is 2.60 bits per heavy atom. The van der Waals surface area contributed by atoms with Crippen LogP contribution in [0, 0.1) is 0 Å². The second-order valence-electron chi connectivity index (χ2n) is 5.39. The zero-order chi connectivity index (χ0) is 18.0. The number of anilines is 1. The van der Waals surface area contributed by atoms with E-state index in [0.717, 1.165) is 5.56 Å². The summed E-state index contributed by atoms with van der Waals surface area (Å²) in [5.74, 6) is -0.0534. The molecule has 0 radical (unpaired) electrons. The van der Waals surface area contributed by atoms with Gasteiger partial charge in [0.05, 0.1) is 10.7 Å². The van der Waals surface area contributed by atoms with E-state index in [2.05, 4.69) is 10.0 Å². The molecule has 1 aliphatic rings. The van der Waals surface area contributed by atoms with Crippen LogP contribution in [0.5, 0.6) is 5.75 Å². The molecule has 0 atom stereocenters. The van der Waals surface area contributed by atoms with Crippen molar-refractivity contribution in [1.29, 1.82) is 0 Å². The standard InChI is InChI=1S/C16H14Cl2N2O4S/c17-11-3-1-10(2-4-11)5-6-19-25(22,23)15-8-14-13(7-12(15)18)20-16(21)9-24-14/h1-4,7-8,19H,5-6,9H2,(H,20,21). The second kappa shape index (κ2) is 7.21. The van der Waals surface area contributed by atoms with Gasteiger partial charge >= 0.3 is 0 Å². The topological polar surface area (TPSA) is 84.5 Å². The number of benzene rings is 2. The largest absolute Gasteiger partial charge is 0.482 e. The van der Waals surface area contributed by atoms with E-state index in [4.69, 9.17) is 27.9 Å². The summed E-state index contributed by atoms with van der Waals surface area (Å²) in [5.41, 5.74) is 1.30. The van der Waals surface area contributed by atoms with Crippen LogP contribution >= 0.6 is 23.2 Å². The van der Waals surface area contributed by atoms with Gasteiger partial charge in [-0.05, 0) is 30.2 Å². The third kappa shape index (κ3) is 4.24. The van der Waals surface area contributed by atoms with Crippen molar-refractivity contribution >= 4 is 44.8 Å². The highest BCUT2D eigenvalue weighted by Crippen LogP contribution is 2.35. The van der Waals surface area contributed by atoms with Gasteiger partial charge in [-0.1, -0.05) is 35.3 Å². The summed E-state index contributed by atoms with van der Waals surface area (Å²) in [7, 11) is -3.82. The van der Waals surface area contributed by atoms with E-state index in [1.54, 1.807) is 12.1 Å². The minimum absolute atomic E-state index is 0.00328. The molecular formula is C16H14Cl2N2O4S. The molecule has 0 spiro atoms. The van der Waals surface area contributed by atoms with Crippen molar-refractivity contribution in [3.8, 4) is 5.75 Å². The highest BCUT2D eigenvalue weighted by molar-refractivity contribution is 7.89. The lowest BCUT2D eigenvalue weighted by atomic mass is 10.2. The smallest absolute Gasteiger partial charge is 0.262 e. The van der Waals surface area contributed by atoms with E-state index in [0.29, 0.717) is 17.1 Å². The molecule has 0 unspecified atom stereocenters. The number of hydrogen-bond donors (Lipinski definition) is 2. The van der Waals surface area contributed by atoms with E-state index < -0.39 is 10.0 Å². The Bertz CT molecular complexity index is 914. The molecule has 9 heteroatoms. The molecule has 6 nitrogen and oxygen atoms in total. The highest BCUT2D eigenvalue weighted by Gasteiger charge is 2.24. The molecule has 2 N–H and O–H groups in total. The molecule has 1 aliphatic heterocycles. The lowest BCUT2D eigenvalue weighted by Crippen LogP contribution is -2.28. The number of amides is 1. The number of carbonyl (C=O) groups excluding carboxylic acids is 1. The molecule has 25 heavy (non-hydrogen) atoms. The van der Waals surface area contributed by atoms with Crippen LogP contribution in [0.15, 0.2) is 41.3 Å². The molecule has 132 valence electrons. The maximum Gasteiger partial charge on any atom is 0.262 e. The predicted octanol–water partition coefficient (Wildman–Crippen LogP) is 2.85. The molecule has 0 fully saturated rings. The van der Waals surface area contributed by atoms with Crippen LogP contribution in [-0.2, 0) is 21.2 Å². The summed E-state index contributed by atoms with van der Waals surface area (Å²) in [5, 5.41) is 3.20. The Balaban J connectivity index is 1.73. The van der Waals surface area contributed by atoms with E-state index >= 15 is 0 Å². The maximum absolute atomic E-state index is 12.5. The van der Waals surface area contributed by atoms with Crippen LogP contribution in [0.1, 0.15) is 5.56 Å². The van der Waals surface area contributed by atoms with Crippen molar-refractivity contribution in [1.82, 2.24) is 4.72 Å². The predicted molar refractivity (Wildman–Crippen MR) is 95.9 cm³/mol. The highest BCUT2D eigenvalue weighted by atomic mass is 35.5. The van der Waals surface area contributed by atoms with E-state index in [9.17, 15) is 13.2 Å². The summed E-state index contributed by atoms with van der Waals surface area (Å²) in [6.45, 7) is 0.0348. The van der Waals surface area contributed by atoms with Crippen LogP contribution in [0.4, 0.5) is 5.69 Å². The summed E-state index contributed by atoms with van der Waals surface area (Å²) in [4.78, 5) is 11.2. The van der Waals surface area contributed by atoms with Gasteiger partial charge in [0.2, 0.25) is 10.0 Å². The summed E-state index contributed by atoms with van der Waals surface area (Å²) < 4.78 is 32.7. The number of sulfonamides is 1. The number of nitrogens with one attached hydrogen (secondary N) is 2. The molecule has 0 saturated carbocycles. The number of carbonyl (C=O) groups is 1. The van der Waals surface area contributed by atoms with Crippen LogP contribution < -0.4 is 14.8 Å². The van der Waals surface area contributed by atoms with E-state index in [1.165, 1.54) is 12.1 Å².